The highest BCUT2D eigenvalue weighted by molar-refractivity contribution is 5.38. The highest BCUT2D eigenvalue weighted by atomic mass is 16.5. The van der Waals surface area contributed by atoms with Crippen LogP contribution in [-0.2, 0) is 11.2 Å². The highest BCUT2D eigenvalue weighted by Crippen LogP contribution is 2.30. The van der Waals surface area contributed by atoms with E-state index in [1.54, 1.807) is 7.11 Å². The fraction of sp³-hybridized carbons (Fsp3) is 0.600. The molecule has 0 saturated carbocycles. The van der Waals surface area contributed by atoms with Gasteiger partial charge in [0.15, 0.2) is 0 Å². The van der Waals surface area contributed by atoms with Crippen LogP contribution in [-0.4, -0.2) is 26.9 Å². The van der Waals surface area contributed by atoms with Gasteiger partial charge in [0, 0.05) is 5.92 Å². The maximum Gasteiger partial charge on any atom is 0.122 e. The summed E-state index contributed by atoms with van der Waals surface area (Å²) < 4.78 is 10.6. The lowest BCUT2D eigenvalue weighted by Gasteiger charge is -2.29. The fourth-order valence-electron chi connectivity index (χ4n) is 2.52. The van der Waals surface area contributed by atoms with Crippen LogP contribution in [0.5, 0.6) is 5.75 Å². The summed E-state index contributed by atoms with van der Waals surface area (Å²) in [5, 5.41) is 0. The second kappa shape index (κ2) is 6.21. The third-order valence-corrected chi connectivity index (χ3v) is 3.77. The van der Waals surface area contributed by atoms with E-state index in [1.807, 2.05) is 0 Å². The first-order valence-corrected chi connectivity index (χ1v) is 6.73. The van der Waals surface area contributed by atoms with Crippen molar-refractivity contribution in [3.8, 4) is 5.75 Å². The first-order chi connectivity index (χ1) is 8.78. The van der Waals surface area contributed by atoms with E-state index < -0.39 is 0 Å². The number of methoxy groups -OCH3 is 1. The van der Waals surface area contributed by atoms with Gasteiger partial charge in [-0.15, -0.1) is 0 Å². The third-order valence-electron chi connectivity index (χ3n) is 3.77. The Kier molecular flexibility index (Phi) is 4.61. The molecular weight excluding hydrogens is 226 g/mol. The number of rotatable bonds is 6. The molecule has 1 heterocycles. The molecule has 3 nitrogen and oxygen atoms in total. The maximum atomic E-state index is 5.92. The molecule has 18 heavy (non-hydrogen) atoms. The fourth-order valence-corrected chi connectivity index (χ4v) is 2.52. The highest BCUT2D eigenvalue weighted by Gasteiger charge is 2.23. The molecule has 0 spiro atoms. The van der Waals surface area contributed by atoms with Gasteiger partial charge in [-0.1, -0.05) is 19.1 Å². The Hall–Kier alpha value is -1.06. The number of aryl methyl sites for hydroxylation is 1. The summed E-state index contributed by atoms with van der Waals surface area (Å²) in [6, 6.07) is 6.46. The van der Waals surface area contributed by atoms with E-state index in [0.717, 1.165) is 31.8 Å². The van der Waals surface area contributed by atoms with Gasteiger partial charge in [-0.05, 0) is 42.5 Å². The zero-order chi connectivity index (χ0) is 13.0. The predicted octanol–water partition coefficient (Wildman–Crippen LogP) is 2.34. The summed E-state index contributed by atoms with van der Waals surface area (Å²) in [5.74, 6) is 2.10. The number of benzene rings is 1. The second-order valence-corrected chi connectivity index (χ2v) is 5.00. The van der Waals surface area contributed by atoms with Crippen molar-refractivity contribution in [3.63, 3.8) is 0 Å². The molecule has 3 heteroatoms. The summed E-state index contributed by atoms with van der Waals surface area (Å²) >= 11 is 0. The summed E-state index contributed by atoms with van der Waals surface area (Å²) in [6.45, 7) is 4.64. The minimum absolute atomic E-state index is 0.440. The smallest absolute Gasteiger partial charge is 0.122 e. The van der Waals surface area contributed by atoms with Crippen molar-refractivity contribution in [3.05, 3.63) is 29.3 Å². The van der Waals surface area contributed by atoms with Crippen LogP contribution in [0.25, 0.3) is 0 Å². The molecule has 1 aromatic carbocycles. The topological polar surface area (TPSA) is 44.5 Å². The molecule has 1 aliphatic rings. The van der Waals surface area contributed by atoms with Gasteiger partial charge in [-0.3, -0.25) is 0 Å². The van der Waals surface area contributed by atoms with E-state index in [9.17, 15) is 0 Å². The van der Waals surface area contributed by atoms with E-state index in [0.29, 0.717) is 18.4 Å². The van der Waals surface area contributed by atoms with Gasteiger partial charge in [0.25, 0.3) is 0 Å². The SMILES string of the molecule is CCc1cc(C(CN)CC2COC2)ccc1OC. The molecule has 2 rings (SSSR count). The van der Waals surface area contributed by atoms with Gasteiger partial charge >= 0.3 is 0 Å². The molecule has 1 saturated heterocycles. The molecule has 0 aliphatic carbocycles. The lowest BCUT2D eigenvalue weighted by Crippen LogP contribution is -2.30. The van der Waals surface area contributed by atoms with Gasteiger partial charge in [-0.2, -0.15) is 0 Å². The molecule has 2 N–H and O–H groups in total. The molecule has 0 amide bonds. The largest absolute Gasteiger partial charge is 0.496 e. The minimum atomic E-state index is 0.440. The van der Waals surface area contributed by atoms with Crippen LogP contribution < -0.4 is 10.5 Å². The number of hydrogen-bond donors (Lipinski definition) is 1. The van der Waals surface area contributed by atoms with E-state index in [-0.39, 0.29) is 0 Å². The Morgan fingerprint density at radius 2 is 2.22 bits per heavy atom. The second-order valence-electron chi connectivity index (χ2n) is 5.00. The Morgan fingerprint density at radius 3 is 2.72 bits per heavy atom. The van der Waals surface area contributed by atoms with Crippen LogP contribution in [0.2, 0.25) is 0 Å². The standard InChI is InChI=1S/C15H23NO2/c1-3-12-7-13(4-5-15(12)17-2)14(8-16)6-11-9-18-10-11/h4-5,7,11,14H,3,6,8-10,16H2,1-2H3. The zero-order valence-corrected chi connectivity index (χ0v) is 11.3. The normalized spacial score (nSPS) is 17.3. The van der Waals surface area contributed by atoms with Crippen molar-refractivity contribution in [1.82, 2.24) is 0 Å². The first-order valence-electron chi connectivity index (χ1n) is 6.73. The molecule has 1 unspecified atom stereocenters. The van der Waals surface area contributed by atoms with Gasteiger partial charge in [0.2, 0.25) is 0 Å². The van der Waals surface area contributed by atoms with Crippen molar-refractivity contribution < 1.29 is 9.47 Å². The minimum Gasteiger partial charge on any atom is -0.496 e. The quantitative estimate of drug-likeness (QED) is 0.841. The Morgan fingerprint density at radius 1 is 1.44 bits per heavy atom. The lowest BCUT2D eigenvalue weighted by molar-refractivity contribution is -0.0382. The summed E-state index contributed by atoms with van der Waals surface area (Å²) in [6.07, 6.45) is 2.12. The molecule has 1 aromatic rings. The predicted molar refractivity (Wildman–Crippen MR) is 73.1 cm³/mol. The van der Waals surface area contributed by atoms with Crippen molar-refractivity contribution >= 4 is 0 Å². The van der Waals surface area contributed by atoms with Crippen molar-refractivity contribution in [2.45, 2.75) is 25.7 Å². The maximum absolute atomic E-state index is 5.92. The molecule has 0 bridgehead atoms. The molecule has 0 aromatic heterocycles. The van der Waals surface area contributed by atoms with E-state index in [2.05, 4.69) is 25.1 Å². The number of nitrogens with two attached hydrogens (primary N) is 1. The average Bonchev–Trinajstić information content (AvgIpc) is 2.37. The van der Waals surface area contributed by atoms with E-state index in [4.69, 9.17) is 15.2 Å². The summed E-state index contributed by atoms with van der Waals surface area (Å²) in [7, 11) is 1.72. The molecule has 1 atom stereocenters. The van der Waals surface area contributed by atoms with Crippen LogP contribution in [0.15, 0.2) is 18.2 Å². The van der Waals surface area contributed by atoms with E-state index in [1.165, 1.54) is 11.1 Å². The van der Waals surface area contributed by atoms with Gasteiger partial charge in [-0.25, -0.2) is 0 Å². The van der Waals surface area contributed by atoms with Crippen LogP contribution in [0.1, 0.15) is 30.4 Å². The molecule has 1 aliphatic heterocycles. The van der Waals surface area contributed by atoms with Crippen molar-refractivity contribution in [2.75, 3.05) is 26.9 Å². The average molecular weight is 249 g/mol. The van der Waals surface area contributed by atoms with Crippen LogP contribution in [0.4, 0.5) is 0 Å². The Balaban J connectivity index is 2.13. The van der Waals surface area contributed by atoms with Crippen molar-refractivity contribution in [1.29, 1.82) is 0 Å². The Labute approximate surface area is 109 Å². The summed E-state index contributed by atoms with van der Waals surface area (Å²) in [4.78, 5) is 0. The molecular formula is C15H23NO2. The van der Waals surface area contributed by atoms with Crippen LogP contribution in [0.3, 0.4) is 0 Å². The lowest BCUT2D eigenvalue weighted by atomic mass is 9.87. The van der Waals surface area contributed by atoms with Gasteiger partial charge < -0.3 is 15.2 Å². The summed E-state index contributed by atoms with van der Waals surface area (Å²) in [5.41, 5.74) is 8.52. The van der Waals surface area contributed by atoms with Crippen molar-refractivity contribution in [2.24, 2.45) is 11.7 Å². The number of hydrogen-bond acceptors (Lipinski definition) is 3. The molecule has 0 radical (unpaired) electrons. The monoisotopic (exact) mass is 249 g/mol. The van der Waals surface area contributed by atoms with Crippen LogP contribution in [0, 0.1) is 5.92 Å². The third kappa shape index (κ3) is 2.85. The Bertz CT molecular complexity index is 388. The van der Waals surface area contributed by atoms with Gasteiger partial charge in [0.1, 0.15) is 5.75 Å². The zero-order valence-electron chi connectivity index (χ0n) is 11.3. The van der Waals surface area contributed by atoms with Crippen LogP contribution >= 0.6 is 0 Å². The molecule has 100 valence electrons. The van der Waals surface area contributed by atoms with E-state index >= 15 is 0 Å². The first kappa shape index (κ1) is 13.4. The number of ether oxygens (including phenoxy) is 2. The van der Waals surface area contributed by atoms with Gasteiger partial charge in [0.05, 0.1) is 20.3 Å². The molecule has 1 fully saturated rings.